The molecule has 0 radical (unpaired) electrons. The van der Waals surface area contributed by atoms with Gasteiger partial charge in [0.1, 0.15) is 0 Å². The van der Waals surface area contributed by atoms with E-state index in [0.29, 0.717) is 5.41 Å². The molecule has 19 heavy (non-hydrogen) atoms. The number of fused-ring (bicyclic) bond motifs is 1. The standard InChI is InChI=1S/C18H29N/c1-6-11-19-12-15-9-7-8-10-16(15)18(4,5)13-17(2,3)14-19/h7-10H,6,11-14H2,1-5H3. The van der Waals surface area contributed by atoms with Gasteiger partial charge in [-0.25, -0.2) is 0 Å². The first-order chi connectivity index (χ1) is 8.84. The van der Waals surface area contributed by atoms with Crippen molar-refractivity contribution in [3.63, 3.8) is 0 Å². The van der Waals surface area contributed by atoms with Crippen molar-refractivity contribution in [2.45, 2.75) is 59.4 Å². The third kappa shape index (κ3) is 3.39. The van der Waals surface area contributed by atoms with Crippen LogP contribution in [0.4, 0.5) is 0 Å². The summed E-state index contributed by atoms with van der Waals surface area (Å²) in [5.41, 5.74) is 3.73. The van der Waals surface area contributed by atoms with Crippen molar-refractivity contribution in [1.82, 2.24) is 4.90 Å². The first-order valence-corrected chi connectivity index (χ1v) is 7.65. The molecule has 0 fully saturated rings. The van der Waals surface area contributed by atoms with Gasteiger partial charge in [-0.15, -0.1) is 0 Å². The number of nitrogens with zero attached hydrogens (tertiary/aromatic N) is 1. The first-order valence-electron chi connectivity index (χ1n) is 7.65. The van der Waals surface area contributed by atoms with Gasteiger partial charge >= 0.3 is 0 Å². The van der Waals surface area contributed by atoms with Crippen LogP contribution in [0.3, 0.4) is 0 Å². The molecule has 1 heteroatoms. The zero-order chi connectivity index (χ0) is 14.1. The molecule has 0 amide bonds. The molecule has 1 aromatic rings. The summed E-state index contributed by atoms with van der Waals surface area (Å²) in [5.74, 6) is 0. The van der Waals surface area contributed by atoms with Crippen molar-refractivity contribution in [3.05, 3.63) is 35.4 Å². The van der Waals surface area contributed by atoms with Crippen LogP contribution in [-0.4, -0.2) is 18.0 Å². The normalized spacial score (nSPS) is 22.4. The fourth-order valence-corrected chi connectivity index (χ4v) is 4.04. The van der Waals surface area contributed by atoms with Gasteiger partial charge in [-0.05, 0) is 41.3 Å². The maximum absolute atomic E-state index is 2.63. The summed E-state index contributed by atoms with van der Waals surface area (Å²) in [5, 5.41) is 0. The number of hydrogen-bond acceptors (Lipinski definition) is 1. The van der Waals surface area contributed by atoms with E-state index in [-0.39, 0.29) is 5.41 Å². The average Bonchev–Trinajstić information content (AvgIpc) is 2.26. The highest BCUT2D eigenvalue weighted by atomic mass is 15.1. The maximum atomic E-state index is 2.63. The molecular weight excluding hydrogens is 230 g/mol. The minimum Gasteiger partial charge on any atom is -0.299 e. The van der Waals surface area contributed by atoms with Gasteiger partial charge in [0.2, 0.25) is 0 Å². The van der Waals surface area contributed by atoms with Crippen LogP contribution < -0.4 is 0 Å². The average molecular weight is 259 g/mol. The first kappa shape index (κ1) is 14.6. The summed E-state index contributed by atoms with van der Waals surface area (Å²) >= 11 is 0. The minimum atomic E-state index is 0.276. The van der Waals surface area contributed by atoms with Crippen molar-refractivity contribution in [2.75, 3.05) is 13.1 Å². The van der Waals surface area contributed by atoms with Gasteiger partial charge < -0.3 is 0 Å². The molecular formula is C18H29N. The van der Waals surface area contributed by atoms with E-state index in [2.05, 4.69) is 63.8 Å². The fourth-order valence-electron chi connectivity index (χ4n) is 4.04. The van der Waals surface area contributed by atoms with Crippen LogP contribution in [0.1, 0.15) is 58.6 Å². The Balaban J connectivity index is 2.41. The van der Waals surface area contributed by atoms with Gasteiger partial charge in [-0.1, -0.05) is 58.9 Å². The molecule has 0 aromatic heterocycles. The Morgan fingerprint density at radius 3 is 2.47 bits per heavy atom. The zero-order valence-electron chi connectivity index (χ0n) is 13.3. The molecule has 0 spiro atoms. The third-order valence-corrected chi connectivity index (χ3v) is 4.25. The van der Waals surface area contributed by atoms with E-state index < -0.39 is 0 Å². The summed E-state index contributed by atoms with van der Waals surface area (Å²) in [4.78, 5) is 2.63. The molecule has 0 aliphatic carbocycles. The lowest BCUT2D eigenvalue weighted by Gasteiger charge is -2.42. The summed E-state index contributed by atoms with van der Waals surface area (Å²) in [6.07, 6.45) is 2.48. The molecule has 0 saturated carbocycles. The molecule has 106 valence electrons. The van der Waals surface area contributed by atoms with E-state index in [1.54, 1.807) is 5.56 Å². The molecule has 0 bridgehead atoms. The monoisotopic (exact) mass is 259 g/mol. The topological polar surface area (TPSA) is 3.24 Å². The van der Waals surface area contributed by atoms with Gasteiger partial charge in [-0.2, -0.15) is 0 Å². The number of benzene rings is 1. The second-order valence-electron chi connectivity index (χ2n) is 7.59. The summed E-state index contributed by atoms with van der Waals surface area (Å²) in [6, 6.07) is 9.03. The highest BCUT2D eigenvalue weighted by Crippen LogP contribution is 2.40. The molecule has 0 unspecified atom stereocenters. The molecule has 1 aliphatic heterocycles. The third-order valence-electron chi connectivity index (χ3n) is 4.25. The van der Waals surface area contributed by atoms with E-state index in [0.717, 1.165) is 6.54 Å². The SMILES string of the molecule is CCCN1Cc2ccccc2C(C)(C)CC(C)(C)C1. The molecule has 0 atom stereocenters. The Hall–Kier alpha value is -0.820. The second-order valence-corrected chi connectivity index (χ2v) is 7.59. The van der Waals surface area contributed by atoms with Crippen LogP contribution >= 0.6 is 0 Å². The highest BCUT2D eigenvalue weighted by Gasteiger charge is 2.35. The Morgan fingerprint density at radius 2 is 1.79 bits per heavy atom. The number of rotatable bonds is 2. The largest absolute Gasteiger partial charge is 0.299 e. The van der Waals surface area contributed by atoms with Crippen molar-refractivity contribution in [3.8, 4) is 0 Å². The van der Waals surface area contributed by atoms with Crippen LogP contribution in [0.5, 0.6) is 0 Å². The predicted octanol–water partition coefficient (Wildman–Crippen LogP) is 4.61. The Labute approximate surface area is 119 Å². The van der Waals surface area contributed by atoms with Gasteiger partial charge in [0.05, 0.1) is 0 Å². The lowest BCUT2D eigenvalue weighted by molar-refractivity contribution is 0.129. The summed E-state index contributed by atoms with van der Waals surface area (Å²) < 4.78 is 0. The van der Waals surface area contributed by atoms with E-state index in [9.17, 15) is 0 Å². The lowest BCUT2D eigenvalue weighted by Crippen LogP contribution is -2.41. The van der Waals surface area contributed by atoms with Gasteiger partial charge in [0.25, 0.3) is 0 Å². The van der Waals surface area contributed by atoms with Crippen molar-refractivity contribution < 1.29 is 0 Å². The summed E-state index contributed by atoms with van der Waals surface area (Å²) in [6.45, 7) is 15.5. The van der Waals surface area contributed by atoms with Crippen LogP contribution in [-0.2, 0) is 12.0 Å². The number of hydrogen-bond donors (Lipinski definition) is 0. The Kier molecular flexibility index (Phi) is 4.06. The molecule has 1 aromatic carbocycles. The van der Waals surface area contributed by atoms with Gasteiger partial charge in [0, 0.05) is 13.1 Å². The Morgan fingerprint density at radius 1 is 1.11 bits per heavy atom. The maximum Gasteiger partial charge on any atom is 0.0236 e. The Bertz CT molecular complexity index is 431. The van der Waals surface area contributed by atoms with Crippen LogP contribution in [0.15, 0.2) is 24.3 Å². The fraction of sp³-hybridized carbons (Fsp3) is 0.667. The summed E-state index contributed by atoms with van der Waals surface area (Å²) in [7, 11) is 0. The predicted molar refractivity (Wildman–Crippen MR) is 83.4 cm³/mol. The van der Waals surface area contributed by atoms with E-state index in [1.165, 1.54) is 31.5 Å². The molecule has 1 aliphatic rings. The van der Waals surface area contributed by atoms with Crippen LogP contribution in [0, 0.1) is 5.41 Å². The minimum absolute atomic E-state index is 0.276. The zero-order valence-corrected chi connectivity index (χ0v) is 13.3. The quantitative estimate of drug-likeness (QED) is 0.750. The van der Waals surface area contributed by atoms with Crippen molar-refractivity contribution in [2.24, 2.45) is 5.41 Å². The van der Waals surface area contributed by atoms with Crippen molar-refractivity contribution in [1.29, 1.82) is 0 Å². The molecule has 0 N–H and O–H groups in total. The van der Waals surface area contributed by atoms with Crippen molar-refractivity contribution >= 4 is 0 Å². The van der Waals surface area contributed by atoms with Crippen LogP contribution in [0.25, 0.3) is 0 Å². The van der Waals surface area contributed by atoms with E-state index >= 15 is 0 Å². The van der Waals surface area contributed by atoms with Gasteiger partial charge in [-0.3, -0.25) is 4.90 Å². The molecule has 1 heterocycles. The van der Waals surface area contributed by atoms with Gasteiger partial charge in [0.15, 0.2) is 0 Å². The van der Waals surface area contributed by atoms with Crippen LogP contribution in [0.2, 0.25) is 0 Å². The second kappa shape index (κ2) is 5.28. The van der Waals surface area contributed by atoms with E-state index in [4.69, 9.17) is 0 Å². The smallest absolute Gasteiger partial charge is 0.0236 e. The molecule has 2 rings (SSSR count). The lowest BCUT2D eigenvalue weighted by atomic mass is 9.69. The molecule has 1 nitrogen and oxygen atoms in total. The van der Waals surface area contributed by atoms with E-state index in [1.807, 2.05) is 0 Å². The highest BCUT2D eigenvalue weighted by molar-refractivity contribution is 5.34. The molecule has 0 saturated heterocycles.